The molecule has 0 unspecified atom stereocenters. The van der Waals surface area contributed by atoms with Gasteiger partial charge in [-0.2, -0.15) is 0 Å². The van der Waals surface area contributed by atoms with Crippen LogP contribution in [0.2, 0.25) is 8.87 Å². The third-order valence-corrected chi connectivity index (χ3v) is 10.0. The van der Waals surface area contributed by atoms with Crippen molar-refractivity contribution in [3.8, 4) is 0 Å². The standard InChI is InChI=1S/2C14H27O2.Sn/c2*1-3-5-7-8-9-10-11-12-14(15)16-13-6-4-2;/h2*2-13H2,1H3;. The number of carbonyl (C=O) groups excluding carboxylic acids is 2. The zero-order chi connectivity index (χ0) is 24.2. The Hall–Kier alpha value is -0.261. The summed E-state index contributed by atoms with van der Waals surface area (Å²) in [7, 11) is 0. The van der Waals surface area contributed by atoms with Crippen molar-refractivity contribution in [1.82, 2.24) is 0 Å². The van der Waals surface area contributed by atoms with E-state index in [1.54, 1.807) is 0 Å². The van der Waals surface area contributed by atoms with E-state index in [9.17, 15) is 9.59 Å². The smallest absolute Gasteiger partial charge is 0.0654 e. The van der Waals surface area contributed by atoms with E-state index in [0.29, 0.717) is 26.1 Å². The fourth-order valence-corrected chi connectivity index (χ4v) is 7.37. The monoisotopic (exact) mass is 574 g/mol. The molecule has 0 heterocycles. The summed E-state index contributed by atoms with van der Waals surface area (Å²) in [5, 5.41) is 0. The second-order valence-corrected chi connectivity index (χ2v) is 13.6. The van der Waals surface area contributed by atoms with Gasteiger partial charge in [0.15, 0.2) is 0 Å². The molecule has 0 N–H and O–H groups in total. The van der Waals surface area contributed by atoms with Crippen LogP contribution in [0.25, 0.3) is 0 Å². The Labute approximate surface area is 215 Å². The van der Waals surface area contributed by atoms with Crippen molar-refractivity contribution >= 4 is 33.1 Å². The maximum atomic E-state index is 11.7. The van der Waals surface area contributed by atoms with Gasteiger partial charge in [0.2, 0.25) is 0 Å². The SMILES string of the molecule is CCCCCCCCCC(=O)OCCC[CH2][Sn][CH2]CCCOC(=O)CCCCCCCCC. The number of ether oxygens (including phenoxy) is 2. The Morgan fingerprint density at radius 3 is 1.24 bits per heavy atom. The zero-order valence-electron chi connectivity index (χ0n) is 22.1. The van der Waals surface area contributed by atoms with E-state index in [4.69, 9.17) is 9.47 Å². The second kappa shape index (κ2) is 28.0. The van der Waals surface area contributed by atoms with Crippen LogP contribution < -0.4 is 0 Å². The van der Waals surface area contributed by atoms with Gasteiger partial charge in [-0.1, -0.05) is 39.5 Å². The zero-order valence-corrected chi connectivity index (χ0v) is 25.0. The van der Waals surface area contributed by atoms with Crippen LogP contribution >= 0.6 is 0 Å². The molecule has 0 saturated carbocycles. The van der Waals surface area contributed by atoms with Crippen molar-refractivity contribution in [2.45, 2.75) is 151 Å². The average molecular weight is 573 g/mol. The first kappa shape index (κ1) is 32.7. The van der Waals surface area contributed by atoms with Gasteiger partial charge in [-0.15, -0.1) is 0 Å². The Kier molecular flexibility index (Phi) is 27.8. The molecule has 0 atom stereocenters. The van der Waals surface area contributed by atoms with E-state index in [0.717, 1.165) is 38.5 Å². The second-order valence-electron chi connectivity index (χ2n) is 9.35. The van der Waals surface area contributed by atoms with Crippen LogP contribution in [0.5, 0.6) is 0 Å². The van der Waals surface area contributed by atoms with Crippen molar-refractivity contribution in [3.63, 3.8) is 0 Å². The van der Waals surface area contributed by atoms with Crippen molar-refractivity contribution < 1.29 is 19.1 Å². The number of hydrogen-bond acceptors (Lipinski definition) is 4. The fourth-order valence-electron chi connectivity index (χ4n) is 3.80. The van der Waals surface area contributed by atoms with Gasteiger partial charge in [-0.25, -0.2) is 0 Å². The molecule has 0 saturated heterocycles. The molecule has 0 aromatic heterocycles. The van der Waals surface area contributed by atoms with Crippen LogP contribution in [0.15, 0.2) is 0 Å². The molecule has 0 aliphatic rings. The van der Waals surface area contributed by atoms with Gasteiger partial charge < -0.3 is 0 Å². The van der Waals surface area contributed by atoms with E-state index >= 15 is 0 Å². The third-order valence-electron chi connectivity index (χ3n) is 5.99. The number of hydrogen-bond donors (Lipinski definition) is 0. The molecule has 2 radical (unpaired) electrons. The number of esters is 2. The Morgan fingerprint density at radius 2 is 0.848 bits per heavy atom. The molecular weight excluding hydrogens is 519 g/mol. The van der Waals surface area contributed by atoms with Crippen LogP contribution in [0, 0.1) is 0 Å². The minimum Gasteiger partial charge on any atom is -0.0654 e. The Balaban J connectivity index is 3.22. The summed E-state index contributed by atoms with van der Waals surface area (Å²) in [6.07, 6.45) is 22.9. The molecule has 0 rings (SSSR count). The van der Waals surface area contributed by atoms with Gasteiger partial charge >= 0.3 is 177 Å². The van der Waals surface area contributed by atoms with Crippen molar-refractivity contribution in [3.05, 3.63) is 0 Å². The number of carbonyl (C=O) groups is 2. The molecule has 0 aliphatic carbocycles. The summed E-state index contributed by atoms with van der Waals surface area (Å²) in [5.41, 5.74) is 0. The summed E-state index contributed by atoms with van der Waals surface area (Å²) < 4.78 is 13.4. The molecule has 0 aromatic rings. The van der Waals surface area contributed by atoms with Gasteiger partial charge in [0, 0.05) is 0 Å². The summed E-state index contributed by atoms with van der Waals surface area (Å²) in [5.74, 6) is -0.0184. The van der Waals surface area contributed by atoms with Crippen LogP contribution in [-0.2, 0) is 19.1 Å². The third kappa shape index (κ3) is 27.9. The number of unbranched alkanes of at least 4 members (excludes halogenated alkanes) is 14. The molecule has 194 valence electrons. The molecule has 0 fully saturated rings. The van der Waals surface area contributed by atoms with E-state index in [1.165, 1.54) is 85.9 Å². The van der Waals surface area contributed by atoms with E-state index in [-0.39, 0.29) is 33.1 Å². The first-order valence-corrected chi connectivity index (χ1v) is 18.3. The quantitative estimate of drug-likeness (QED) is 0.0592. The van der Waals surface area contributed by atoms with Gasteiger partial charge in [0.05, 0.1) is 0 Å². The molecule has 5 heteroatoms. The molecule has 0 spiro atoms. The minimum atomic E-state index is -0.290. The van der Waals surface area contributed by atoms with Crippen LogP contribution in [0.1, 0.15) is 142 Å². The summed E-state index contributed by atoms with van der Waals surface area (Å²) >= 11 is -0.290. The molecule has 0 amide bonds. The normalized spacial score (nSPS) is 11.0. The molecule has 33 heavy (non-hydrogen) atoms. The topological polar surface area (TPSA) is 52.6 Å². The average Bonchev–Trinajstić information content (AvgIpc) is 2.81. The number of rotatable bonds is 26. The predicted molar refractivity (Wildman–Crippen MR) is 141 cm³/mol. The molecular formula is C28H54O4Sn. The molecule has 0 aromatic carbocycles. The fraction of sp³-hybridized carbons (Fsp3) is 0.929. The Morgan fingerprint density at radius 1 is 0.485 bits per heavy atom. The van der Waals surface area contributed by atoms with Crippen LogP contribution in [0.3, 0.4) is 0 Å². The first-order chi connectivity index (χ1) is 16.2. The van der Waals surface area contributed by atoms with Gasteiger partial charge in [-0.05, 0) is 0 Å². The van der Waals surface area contributed by atoms with E-state index < -0.39 is 0 Å². The maximum absolute atomic E-state index is 11.7. The summed E-state index contributed by atoms with van der Waals surface area (Å²) in [6.45, 7) is 5.67. The van der Waals surface area contributed by atoms with Crippen LogP contribution in [0.4, 0.5) is 0 Å². The Bertz CT molecular complexity index is 390. The van der Waals surface area contributed by atoms with Gasteiger partial charge in [-0.3, -0.25) is 0 Å². The summed E-state index contributed by atoms with van der Waals surface area (Å²) in [4.78, 5) is 23.5. The van der Waals surface area contributed by atoms with Crippen LogP contribution in [-0.4, -0.2) is 46.3 Å². The van der Waals surface area contributed by atoms with Crippen molar-refractivity contribution in [2.24, 2.45) is 0 Å². The van der Waals surface area contributed by atoms with Gasteiger partial charge in [0.25, 0.3) is 0 Å². The van der Waals surface area contributed by atoms with E-state index in [1.807, 2.05) is 0 Å². The molecule has 0 bridgehead atoms. The van der Waals surface area contributed by atoms with Crippen molar-refractivity contribution in [1.29, 1.82) is 0 Å². The molecule has 0 aliphatic heterocycles. The van der Waals surface area contributed by atoms with E-state index in [2.05, 4.69) is 13.8 Å². The van der Waals surface area contributed by atoms with Crippen molar-refractivity contribution in [2.75, 3.05) is 13.2 Å². The summed E-state index contributed by atoms with van der Waals surface area (Å²) in [6, 6.07) is 0. The predicted octanol–water partition coefficient (Wildman–Crippen LogP) is 8.46. The minimum absolute atomic E-state index is 0.00920. The van der Waals surface area contributed by atoms with Gasteiger partial charge in [0.1, 0.15) is 0 Å². The molecule has 4 nitrogen and oxygen atoms in total. The first-order valence-electron chi connectivity index (χ1n) is 14.2.